The quantitative estimate of drug-likeness (QED) is 0.855. The molecular formula is C21H29N3O3S. The highest BCUT2D eigenvalue weighted by atomic mass is 32.2. The first-order valence-corrected chi connectivity index (χ1v) is 11.1. The molecule has 2 aliphatic heterocycles. The van der Waals surface area contributed by atoms with Crippen molar-refractivity contribution in [3.63, 3.8) is 0 Å². The Morgan fingerprint density at radius 1 is 1.07 bits per heavy atom. The second kappa shape index (κ2) is 9.05. The summed E-state index contributed by atoms with van der Waals surface area (Å²) in [6, 6.07) is 18.5. The molecule has 2 N–H and O–H groups in total. The molecule has 0 aliphatic carbocycles. The van der Waals surface area contributed by atoms with Crippen LogP contribution in [-0.2, 0) is 16.6 Å². The molecule has 1 saturated heterocycles. The topological polar surface area (TPSA) is 75.9 Å². The molecule has 0 radical (unpaired) electrons. The molecule has 2 atom stereocenters. The van der Waals surface area contributed by atoms with E-state index in [0.717, 1.165) is 38.1 Å². The van der Waals surface area contributed by atoms with Gasteiger partial charge in [0.15, 0.2) is 0 Å². The number of benzene rings is 2. The average Bonchev–Trinajstić information content (AvgIpc) is 2.73. The molecule has 1 fully saturated rings. The highest BCUT2D eigenvalue weighted by Crippen LogP contribution is 2.37. The number of piperidine rings is 1. The van der Waals surface area contributed by atoms with Crippen molar-refractivity contribution in [2.45, 2.75) is 31.3 Å². The van der Waals surface area contributed by atoms with Crippen LogP contribution in [0.15, 0.2) is 54.6 Å². The zero-order valence-electron chi connectivity index (χ0n) is 16.5. The third-order valence-corrected chi connectivity index (χ3v) is 6.76. The molecule has 2 aliphatic rings. The van der Waals surface area contributed by atoms with Crippen molar-refractivity contribution >= 4 is 10.2 Å². The van der Waals surface area contributed by atoms with Crippen LogP contribution in [0, 0.1) is 0 Å². The summed E-state index contributed by atoms with van der Waals surface area (Å²) >= 11 is 0. The number of para-hydroxylation sites is 1. The standard InChI is InChI=1S/C14H21N3O2S.C7H8O/c1-16(20(15,18)19)12-7-9-17-8-6-11-4-2-3-5-13(11)14(17)10-12;1-8-7-5-3-2-4-6-7/h2-5,12,14H,6-10H2,1H3,(H2,15,18,19);2-6H,1H3/t12-,14?;/m1./s1. The maximum atomic E-state index is 11.5. The number of ether oxygens (including phenoxy) is 1. The Kier molecular flexibility index (Phi) is 6.72. The number of fused-ring (bicyclic) bond motifs is 3. The lowest BCUT2D eigenvalue weighted by Crippen LogP contribution is -2.50. The molecule has 0 aromatic heterocycles. The van der Waals surface area contributed by atoms with Crippen LogP contribution in [0.1, 0.15) is 30.0 Å². The van der Waals surface area contributed by atoms with E-state index < -0.39 is 10.2 Å². The summed E-state index contributed by atoms with van der Waals surface area (Å²) in [6.45, 7) is 2.00. The van der Waals surface area contributed by atoms with Gasteiger partial charge in [-0.25, -0.2) is 5.14 Å². The van der Waals surface area contributed by atoms with Gasteiger partial charge in [-0.2, -0.15) is 12.7 Å². The van der Waals surface area contributed by atoms with E-state index in [1.165, 1.54) is 15.4 Å². The lowest BCUT2D eigenvalue weighted by atomic mass is 9.85. The summed E-state index contributed by atoms with van der Waals surface area (Å²) < 4.78 is 29.3. The smallest absolute Gasteiger partial charge is 0.276 e. The molecule has 6 nitrogen and oxygen atoms in total. The first-order valence-electron chi connectivity index (χ1n) is 9.57. The average molecular weight is 404 g/mol. The molecule has 0 saturated carbocycles. The van der Waals surface area contributed by atoms with Gasteiger partial charge in [-0.05, 0) is 42.5 Å². The minimum atomic E-state index is -3.60. The number of nitrogens with two attached hydrogens (primary N) is 1. The van der Waals surface area contributed by atoms with Gasteiger partial charge < -0.3 is 4.74 Å². The van der Waals surface area contributed by atoms with Crippen LogP contribution >= 0.6 is 0 Å². The first kappa shape index (κ1) is 20.8. The Bertz CT molecular complexity index is 873. The maximum absolute atomic E-state index is 11.5. The Hall–Kier alpha value is -1.93. The molecule has 0 spiro atoms. The molecule has 152 valence electrons. The SMILES string of the molecule is CN([C@@H]1CCN2CCc3ccccc3C2C1)S(N)(=O)=O.COc1ccccc1. The summed E-state index contributed by atoms with van der Waals surface area (Å²) in [5.74, 6) is 0.910. The summed E-state index contributed by atoms with van der Waals surface area (Å²) in [5.41, 5.74) is 2.75. The first-order chi connectivity index (χ1) is 13.4. The van der Waals surface area contributed by atoms with E-state index in [4.69, 9.17) is 9.88 Å². The molecular weight excluding hydrogens is 374 g/mol. The van der Waals surface area contributed by atoms with Crippen LogP contribution < -0.4 is 9.88 Å². The fourth-order valence-electron chi connectivity index (χ4n) is 4.03. The predicted molar refractivity (Wildman–Crippen MR) is 111 cm³/mol. The maximum Gasteiger partial charge on any atom is 0.276 e. The molecule has 2 aromatic carbocycles. The molecule has 2 aromatic rings. The van der Waals surface area contributed by atoms with Crippen LogP contribution in [0.3, 0.4) is 0 Å². The molecule has 4 rings (SSSR count). The normalized spacial score (nSPS) is 21.9. The van der Waals surface area contributed by atoms with Gasteiger partial charge in [0.25, 0.3) is 10.2 Å². The Labute approximate surface area is 168 Å². The second-order valence-electron chi connectivity index (χ2n) is 7.26. The molecule has 7 heteroatoms. The number of nitrogens with zero attached hydrogens (tertiary/aromatic N) is 2. The molecule has 1 unspecified atom stereocenters. The zero-order valence-corrected chi connectivity index (χ0v) is 17.3. The van der Waals surface area contributed by atoms with Gasteiger partial charge in [0.2, 0.25) is 0 Å². The fraction of sp³-hybridized carbons (Fsp3) is 0.429. The monoisotopic (exact) mass is 403 g/mol. The van der Waals surface area contributed by atoms with Gasteiger partial charge >= 0.3 is 0 Å². The summed E-state index contributed by atoms with van der Waals surface area (Å²) in [7, 11) is -0.353. The van der Waals surface area contributed by atoms with Gasteiger partial charge in [-0.15, -0.1) is 0 Å². The van der Waals surface area contributed by atoms with Crippen LogP contribution in [0.25, 0.3) is 0 Å². The Balaban J connectivity index is 0.000000236. The van der Waals surface area contributed by atoms with Crippen molar-refractivity contribution in [3.8, 4) is 5.75 Å². The number of rotatable bonds is 3. The van der Waals surface area contributed by atoms with Crippen molar-refractivity contribution in [1.82, 2.24) is 9.21 Å². The lowest BCUT2D eigenvalue weighted by molar-refractivity contribution is 0.0970. The van der Waals surface area contributed by atoms with Crippen LogP contribution in [0.4, 0.5) is 0 Å². The number of hydrogen-bond acceptors (Lipinski definition) is 4. The molecule has 0 bridgehead atoms. The summed E-state index contributed by atoms with van der Waals surface area (Å²) in [5, 5.41) is 5.26. The fourth-order valence-corrected chi connectivity index (χ4v) is 4.64. The van der Waals surface area contributed by atoms with E-state index in [2.05, 4.69) is 29.2 Å². The van der Waals surface area contributed by atoms with E-state index in [9.17, 15) is 8.42 Å². The van der Waals surface area contributed by atoms with E-state index in [1.807, 2.05) is 30.3 Å². The summed E-state index contributed by atoms with van der Waals surface area (Å²) in [4.78, 5) is 2.47. The zero-order chi connectivity index (χ0) is 20.1. The van der Waals surface area contributed by atoms with Crippen molar-refractivity contribution in [1.29, 1.82) is 0 Å². The largest absolute Gasteiger partial charge is 0.497 e. The number of hydrogen-bond donors (Lipinski definition) is 1. The second-order valence-corrected chi connectivity index (χ2v) is 8.86. The Morgan fingerprint density at radius 2 is 1.75 bits per heavy atom. The van der Waals surface area contributed by atoms with Gasteiger partial charge in [-0.1, -0.05) is 42.5 Å². The van der Waals surface area contributed by atoms with E-state index in [-0.39, 0.29) is 6.04 Å². The molecule has 28 heavy (non-hydrogen) atoms. The van der Waals surface area contributed by atoms with E-state index >= 15 is 0 Å². The van der Waals surface area contributed by atoms with E-state index in [0.29, 0.717) is 6.04 Å². The van der Waals surface area contributed by atoms with Gasteiger partial charge in [0.05, 0.1) is 7.11 Å². The van der Waals surface area contributed by atoms with Crippen molar-refractivity contribution < 1.29 is 13.2 Å². The van der Waals surface area contributed by atoms with Crippen LogP contribution in [0.2, 0.25) is 0 Å². The van der Waals surface area contributed by atoms with Crippen molar-refractivity contribution in [2.75, 3.05) is 27.2 Å². The van der Waals surface area contributed by atoms with E-state index in [1.54, 1.807) is 14.2 Å². The molecule has 2 heterocycles. The molecule has 0 amide bonds. The van der Waals surface area contributed by atoms with Crippen molar-refractivity contribution in [2.24, 2.45) is 5.14 Å². The minimum Gasteiger partial charge on any atom is -0.497 e. The van der Waals surface area contributed by atoms with Gasteiger partial charge in [-0.3, -0.25) is 4.90 Å². The number of methoxy groups -OCH3 is 1. The minimum absolute atomic E-state index is 0.00240. The van der Waals surface area contributed by atoms with Gasteiger partial charge in [0, 0.05) is 32.2 Å². The highest BCUT2D eigenvalue weighted by Gasteiger charge is 2.36. The lowest BCUT2D eigenvalue weighted by Gasteiger charge is -2.45. The van der Waals surface area contributed by atoms with Crippen LogP contribution in [0.5, 0.6) is 5.75 Å². The van der Waals surface area contributed by atoms with Crippen LogP contribution in [-0.4, -0.2) is 50.9 Å². The van der Waals surface area contributed by atoms with Crippen molar-refractivity contribution in [3.05, 3.63) is 65.7 Å². The third-order valence-electron chi connectivity index (χ3n) is 5.66. The third kappa shape index (κ3) is 4.91. The highest BCUT2D eigenvalue weighted by molar-refractivity contribution is 7.86. The Morgan fingerprint density at radius 3 is 2.39 bits per heavy atom. The van der Waals surface area contributed by atoms with Gasteiger partial charge in [0.1, 0.15) is 5.75 Å². The summed E-state index contributed by atoms with van der Waals surface area (Å²) in [6.07, 6.45) is 2.76. The predicted octanol–water partition coefficient (Wildman–Crippen LogP) is 2.58.